The number of allylic oxidation sites excluding steroid dienone is 2. The van der Waals surface area contributed by atoms with Gasteiger partial charge in [-0.25, -0.2) is 0 Å². The van der Waals surface area contributed by atoms with Crippen molar-refractivity contribution < 1.29 is 9.90 Å². The second-order valence-electron chi connectivity index (χ2n) is 7.66. The Labute approximate surface area is 151 Å². The lowest BCUT2D eigenvalue weighted by Crippen LogP contribution is -2.37. The molecule has 1 saturated heterocycles. The van der Waals surface area contributed by atoms with Gasteiger partial charge in [-0.05, 0) is 50.8 Å². The molecule has 1 aliphatic heterocycles. The molecule has 0 spiro atoms. The summed E-state index contributed by atoms with van der Waals surface area (Å²) >= 11 is 0. The zero-order chi connectivity index (χ0) is 17.5. The summed E-state index contributed by atoms with van der Waals surface area (Å²) in [5.74, 6) is 0.810. The molecule has 0 atom stereocenters. The topological polar surface area (TPSA) is 40.5 Å². The molecule has 1 heterocycles. The maximum Gasteiger partial charge on any atom is 0.162 e. The van der Waals surface area contributed by atoms with Gasteiger partial charge in [0.05, 0.1) is 5.76 Å². The van der Waals surface area contributed by atoms with Gasteiger partial charge in [-0.3, -0.25) is 4.79 Å². The lowest BCUT2D eigenvalue weighted by Gasteiger charge is -2.31. The van der Waals surface area contributed by atoms with Gasteiger partial charge in [-0.15, -0.1) is 0 Å². The van der Waals surface area contributed by atoms with Gasteiger partial charge in [-0.2, -0.15) is 0 Å². The van der Waals surface area contributed by atoms with Crippen LogP contribution in [0.2, 0.25) is 0 Å². The summed E-state index contributed by atoms with van der Waals surface area (Å²) in [5.41, 5.74) is 1.38. The van der Waals surface area contributed by atoms with Crippen molar-refractivity contribution in [3.8, 4) is 0 Å². The van der Waals surface area contributed by atoms with Crippen LogP contribution in [0.5, 0.6) is 0 Å². The Morgan fingerprint density at radius 3 is 2.36 bits per heavy atom. The maximum atomic E-state index is 12.5. The first kappa shape index (κ1) is 18.2. The molecular formula is C22H31NO2. The summed E-state index contributed by atoms with van der Waals surface area (Å²) < 4.78 is 0. The lowest BCUT2D eigenvalue weighted by molar-refractivity contribution is -0.119. The van der Waals surface area contributed by atoms with E-state index < -0.39 is 0 Å². The molecule has 3 rings (SSSR count). The summed E-state index contributed by atoms with van der Waals surface area (Å²) in [6.07, 6.45) is 10.2. The van der Waals surface area contributed by atoms with Gasteiger partial charge in [0.2, 0.25) is 0 Å². The minimum Gasteiger partial charge on any atom is -0.512 e. The number of hydrogen-bond donors (Lipinski definition) is 1. The molecule has 0 bridgehead atoms. The molecule has 3 nitrogen and oxygen atoms in total. The summed E-state index contributed by atoms with van der Waals surface area (Å²) in [6, 6.07) is 10.6. The van der Waals surface area contributed by atoms with Crippen molar-refractivity contribution in [1.82, 2.24) is 4.90 Å². The highest BCUT2D eigenvalue weighted by Gasteiger charge is 2.25. The van der Waals surface area contributed by atoms with Crippen molar-refractivity contribution in [3.05, 3.63) is 47.7 Å². The predicted molar refractivity (Wildman–Crippen MR) is 102 cm³/mol. The first-order chi connectivity index (χ1) is 12.2. The van der Waals surface area contributed by atoms with Gasteiger partial charge in [0, 0.05) is 24.5 Å². The highest BCUT2D eigenvalue weighted by Crippen LogP contribution is 2.29. The molecule has 0 amide bonds. The van der Waals surface area contributed by atoms with E-state index in [1.807, 2.05) is 0 Å². The van der Waals surface area contributed by atoms with Gasteiger partial charge in [0.25, 0.3) is 0 Å². The molecule has 2 fully saturated rings. The van der Waals surface area contributed by atoms with Gasteiger partial charge < -0.3 is 10.0 Å². The number of likely N-dealkylation sites (tertiary alicyclic amines) is 1. The van der Waals surface area contributed by atoms with Gasteiger partial charge in [-0.1, -0.05) is 49.6 Å². The Kier molecular flexibility index (Phi) is 6.69. The number of nitrogens with zero attached hydrogens (tertiary/aromatic N) is 1. The van der Waals surface area contributed by atoms with Gasteiger partial charge in [0.1, 0.15) is 0 Å². The Hall–Kier alpha value is -1.61. The van der Waals surface area contributed by atoms with Crippen molar-refractivity contribution in [2.75, 3.05) is 19.6 Å². The predicted octanol–water partition coefficient (Wildman–Crippen LogP) is 4.53. The number of ketones is 1. The van der Waals surface area contributed by atoms with E-state index in [9.17, 15) is 9.90 Å². The number of aliphatic hydroxyl groups excluding tert-OH is 1. The second kappa shape index (κ2) is 9.19. The lowest BCUT2D eigenvalue weighted by atomic mass is 9.86. The summed E-state index contributed by atoms with van der Waals surface area (Å²) in [6.45, 7) is 3.04. The first-order valence-electron chi connectivity index (χ1n) is 9.93. The van der Waals surface area contributed by atoms with Crippen LogP contribution in [0.4, 0.5) is 0 Å². The van der Waals surface area contributed by atoms with Crippen LogP contribution in [0.3, 0.4) is 0 Å². The maximum absolute atomic E-state index is 12.5. The summed E-state index contributed by atoms with van der Waals surface area (Å²) in [7, 11) is 0. The first-order valence-corrected chi connectivity index (χ1v) is 9.93. The Morgan fingerprint density at radius 2 is 1.68 bits per heavy atom. The largest absolute Gasteiger partial charge is 0.512 e. The third-order valence-electron chi connectivity index (χ3n) is 5.86. The number of hydrogen-bond acceptors (Lipinski definition) is 3. The Bertz CT molecular complexity index is 567. The van der Waals surface area contributed by atoms with Crippen LogP contribution < -0.4 is 0 Å². The van der Waals surface area contributed by atoms with Crippen molar-refractivity contribution in [1.29, 1.82) is 0 Å². The van der Waals surface area contributed by atoms with Crippen LogP contribution in [0, 0.1) is 11.8 Å². The molecule has 2 aliphatic rings. The van der Waals surface area contributed by atoms with Crippen molar-refractivity contribution in [2.24, 2.45) is 11.8 Å². The van der Waals surface area contributed by atoms with Crippen LogP contribution >= 0.6 is 0 Å². The number of aliphatic hydroxyl groups is 1. The third kappa shape index (κ3) is 5.43. The molecular weight excluding hydrogens is 310 g/mol. The third-order valence-corrected chi connectivity index (χ3v) is 5.86. The standard InChI is InChI=1S/C22H31NO2/c24-21(19-9-5-2-6-10-19)17-22(25)20-12-15-23(16-13-20)14-11-18-7-3-1-4-8-18/h1,3-4,7-8,17,19-20,24H,2,5-6,9-16H2/b21-17-. The van der Waals surface area contributed by atoms with E-state index in [0.717, 1.165) is 51.7 Å². The van der Waals surface area contributed by atoms with E-state index in [4.69, 9.17) is 0 Å². The highest BCUT2D eigenvalue weighted by atomic mass is 16.3. The zero-order valence-corrected chi connectivity index (χ0v) is 15.2. The van der Waals surface area contributed by atoms with Crippen LogP contribution in [0.1, 0.15) is 50.5 Å². The fourth-order valence-corrected chi connectivity index (χ4v) is 4.15. The van der Waals surface area contributed by atoms with Crippen molar-refractivity contribution in [2.45, 2.75) is 51.4 Å². The van der Waals surface area contributed by atoms with E-state index in [2.05, 4.69) is 35.2 Å². The summed E-state index contributed by atoms with van der Waals surface area (Å²) in [5, 5.41) is 10.3. The van der Waals surface area contributed by atoms with Crippen LogP contribution in [0.15, 0.2) is 42.2 Å². The molecule has 25 heavy (non-hydrogen) atoms. The Balaban J connectivity index is 1.42. The van der Waals surface area contributed by atoms with E-state index in [0.29, 0.717) is 5.76 Å². The summed E-state index contributed by atoms with van der Waals surface area (Å²) in [4.78, 5) is 14.9. The van der Waals surface area contributed by atoms with Crippen LogP contribution in [-0.4, -0.2) is 35.4 Å². The fourth-order valence-electron chi connectivity index (χ4n) is 4.15. The molecule has 0 unspecified atom stereocenters. The molecule has 1 aromatic rings. The number of rotatable bonds is 6. The minimum absolute atomic E-state index is 0.0960. The molecule has 3 heteroatoms. The van der Waals surface area contributed by atoms with E-state index in [1.165, 1.54) is 24.8 Å². The average Bonchev–Trinajstić information content (AvgIpc) is 2.68. The van der Waals surface area contributed by atoms with Crippen molar-refractivity contribution >= 4 is 5.78 Å². The quantitative estimate of drug-likeness (QED) is 0.610. The van der Waals surface area contributed by atoms with Gasteiger partial charge >= 0.3 is 0 Å². The fraction of sp³-hybridized carbons (Fsp3) is 0.591. The van der Waals surface area contributed by atoms with E-state index in [-0.39, 0.29) is 17.6 Å². The molecule has 0 radical (unpaired) electrons. The molecule has 1 saturated carbocycles. The highest BCUT2D eigenvalue weighted by molar-refractivity contribution is 5.92. The number of piperidine rings is 1. The smallest absolute Gasteiger partial charge is 0.162 e. The van der Waals surface area contributed by atoms with Crippen LogP contribution in [0.25, 0.3) is 0 Å². The molecule has 1 aromatic carbocycles. The minimum atomic E-state index is 0.0960. The van der Waals surface area contributed by atoms with E-state index >= 15 is 0 Å². The van der Waals surface area contributed by atoms with E-state index in [1.54, 1.807) is 6.08 Å². The SMILES string of the molecule is O=C(/C=C(\O)C1CCCCC1)C1CCN(CCc2ccccc2)CC1. The second-order valence-corrected chi connectivity index (χ2v) is 7.66. The molecule has 1 aliphatic carbocycles. The zero-order valence-electron chi connectivity index (χ0n) is 15.2. The van der Waals surface area contributed by atoms with Gasteiger partial charge in [0.15, 0.2) is 5.78 Å². The number of carbonyl (C=O) groups excluding carboxylic acids is 1. The number of benzene rings is 1. The molecule has 136 valence electrons. The van der Waals surface area contributed by atoms with Crippen LogP contribution in [-0.2, 0) is 11.2 Å². The normalized spacial score (nSPS) is 21.4. The monoisotopic (exact) mass is 341 g/mol. The number of carbonyl (C=O) groups is 1. The molecule has 1 N–H and O–H groups in total. The average molecular weight is 341 g/mol. The Morgan fingerprint density at radius 1 is 1.00 bits per heavy atom. The molecule has 0 aromatic heterocycles. The van der Waals surface area contributed by atoms with Crippen molar-refractivity contribution in [3.63, 3.8) is 0 Å².